The lowest BCUT2D eigenvalue weighted by Crippen LogP contribution is -2.13. The molecule has 0 aliphatic carbocycles. The molecule has 0 amide bonds. The van der Waals surface area contributed by atoms with Crippen molar-refractivity contribution in [3.05, 3.63) is 82.1 Å². The van der Waals surface area contributed by atoms with Crippen LogP contribution < -0.4 is 4.74 Å². The SMILES string of the molecule is O=C(OCCOc1ccc(Br)cc1)c1cc(-c2cccs2)nc2ccccc12. The molecule has 4 rings (SSSR count). The molecule has 0 bridgehead atoms. The van der Waals surface area contributed by atoms with Gasteiger partial charge < -0.3 is 9.47 Å². The molecular weight excluding hydrogens is 438 g/mol. The quantitative estimate of drug-likeness (QED) is 0.266. The van der Waals surface area contributed by atoms with Gasteiger partial charge in [0.05, 0.1) is 21.7 Å². The number of benzene rings is 2. The lowest BCUT2D eigenvalue weighted by Gasteiger charge is -2.10. The minimum Gasteiger partial charge on any atom is -0.490 e. The summed E-state index contributed by atoms with van der Waals surface area (Å²) in [6.45, 7) is 0.452. The van der Waals surface area contributed by atoms with Gasteiger partial charge in [0.15, 0.2) is 0 Å². The van der Waals surface area contributed by atoms with Crippen molar-refractivity contribution < 1.29 is 14.3 Å². The number of carbonyl (C=O) groups excluding carboxylic acids is 1. The van der Waals surface area contributed by atoms with Crippen LogP contribution in [0.15, 0.2) is 76.6 Å². The van der Waals surface area contributed by atoms with Crippen molar-refractivity contribution >= 4 is 44.1 Å². The van der Waals surface area contributed by atoms with E-state index in [1.54, 1.807) is 17.4 Å². The lowest BCUT2D eigenvalue weighted by atomic mass is 10.1. The fourth-order valence-corrected chi connectivity index (χ4v) is 3.75. The van der Waals surface area contributed by atoms with Crippen LogP contribution in [-0.4, -0.2) is 24.2 Å². The number of pyridine rings is 1. The maximum atomic E-state index is 12.7. The first-order chi connectivity index (χ1) is 13.7. The Morgan fingerprint density at radius 3 is 2.61 bits per heavy atom. The highest BCUT2D eigenvalue weighted by Gasteiger charge is 2.15. The van der Waals surface area contributed by atoms with Gasteiger partial charge in [0.2, 0.25) is 0 Å². The monoisotopic (exact) mass is 453 g/mol. The minimum atomic E-state index is -0.379. The normalized spacial score (nSPS) is 10.8. The summed E-state index contributed by atoms with van der Waals surface area (Å²) in [5, 5.41) is 2.77. The topological polar surface area (TPSA) is 48.4 Å². The molecule has 0 aliphatic rings. The van der Waals surface area contributed by atoms with Crippen LogP contribution in [0.1, 0.15) is 10.4 Å². The van der Waals surface area contributed by atoms with Gasteiger partial charge in [0.25, 0.3) is 0 Å². The first-order valence-corrected chi connectivity index (χ1v) is 10.4. The molecule has 0 unspecified atom stereocenters. The number of hydrogen-bond donors (Lipinski definition) is 0. The van der Waals surface area contributed by atoms with Gasteiger partial charge in [-0.3, -0.25) is 0 Å². The van der Waals surface area contributed by atoms with Gasteiger partial charge >= 0.3 is 5.97 Å². The van der Waals surface area contributed by atoms with Crippen molar-refractivity contribution in [1.82, 2.24) is 4.98 Å². The maximum absolute atomic E-state index is 12.7. The van der Waals surface area contributed by atoms with Crippen molar-refractivity contribution in [2.45, 2.75) is 0 Å². The van der Waals surface area contributed by atoms with E-state index in [0.29, 0.717) is 5.56 Å². The summed E-state index contributed by atoms with van der Waals surface area (Å²) in [7, 11) is 0. The van der Waals surface area contributed by atoms with E-state index in [4.69, 9.17) is 9.47 Å². The van der Waals surface area contributed by atoms with Gasteiger partial charge in [-0.1, -0.05) is 40.2 Å². The molecule has 4 aromatic rings. The third-order valence-electron chi connectivity index (χ3n) is 4.11. The molecule has 2 aromatic carbocycles. The van der Waals surface area contributed by atoms with E-state index < -0.39 is 0 Å². The molecule has 2 heterocycles. The highest BCUT2D eigenvalue weighted by Crippen LogP contribution is 2.28. The molecule has 2 aromatic heterocycles. The van der Waals surface area contributed by atoms with Crippen molar-refractivity contribution in [1.29, 1.82) is 0 Å². The lowest BCUT2D eigenvalue weighted by molar-refractivity contribution is 0.0452. The Kier molecular flexibility index (Phi) is 5.69. The molecule has 28 heavy (non-hydrogen) atoms. The number of esters is 1. The van der Waals surface area contributed by atoms with E-state index in [9.17, 15) is 4.79 Å². The number of halogens is 1. The van der Waals surface area contributed by atoms with Crippen LogP contribution in [0, 0.1) is 0 Å². The zero-order chi connectivity index (χ0) is 19.3. The van der Waals surface area contributed by atoms with E-state index in [1.807, 2.05) is 66.0 Å². The highest BCUT2D eigenvalue weighted by molar-refractivity contribution is 9.10. The second-order valence-electron chi connectivity index (χ2n) is 5.99. The fraction of sp³-hybridized carbons (Fsp3) is 0.0909. The smallest absolute Gasteiger partial charge is 0.339 e. The minimum absolute atomic E-state index is 0.167. The highest BCUT2D eigenvalue weighted by atomic mass is 79.9. The van der Waals surface area contributed by atoms with Crippen molar-refractivity contribution in [2.75, 3.05) is 13.2 Å². The number of thiophene rings is 1. The number of nitrogens with zero attached hydrogens (tertiary/aromatic N) is 1. The molecule has 4 nitrogen and oxygen atoms in total. The molecule has 0 N–H and O–H groups in total. The zero-order valence-electron chi connectivity index (χ0n) is 14.8. The number of rotatable bonds is 6. The van der Waals surface area contributed by atoms with Crippen LogP contribution in [0.3, 0.4) is 0 Å². The standard InChI is InChI=1S/C22H16BrNO3S/c23-15-7-9-16(10-8-15)26-11-12-27-22(25)18-14-20(21-6-3-13-28-21)24-19-5-2-1-4-17(18)19/h1-10,13-14H,11-12H2. The predicted molar refractivity (Wildman–Crippen MR) is 115 cm³/mol. The fourth-order valence-electron chi connectivity index (χ4n) is 2.80. The van der Waals surface area contributed by atoms with E-state index >= 15 is 0 Å². The van der Waals surface area contributed by atoms with Crippen molar-refractivity contribution in [2.24, 2.45) is 0 Å². The second kappa shape index (κ2) is 8.54. The van der Waals surface area contributed by atoms with Gasteiger partial charge in [-0.15, -0.1) is 11.3 Å². The Morgan fingerprint density at radius 2 is 1.82 bits per heavy atom. The van der Waals surface area contributed by atoms with E-state index in [-0.39, 0.29) is 19.2 Å². The average molecular weight is 454 g/mol. The molecule has 0 saturated heterocycles. The molecule has 0 saturated carbocycles. The number of hydrogen-bond acceptors (Lipinski definition) is 5. The molecule has 0 spiro atoms. The summed E-state index contributed by atoms with van der Waals surface area (Å²) in [6, 6.07) is 20.9. The number of para-hydroxylation sites is 1. The summed E-state index contributed by atoms with van der Waals surface area (Å²) in [4.78, 5) is 18.4. The van der Waals surface area contributed by atoms with Crippen LogP contribution >= 0.6 is 27.3 Å². The van der Waals surface area contributed by atoms with Gasteiger partial charge in [-0.25, -0.2) is 9.78 Å². The van der Waals surface area contributed by atoms with E-state index in [1.165, 1.54) is 0 Å². The summed E-state index contributed by atoms with van der Waals surface area (Å²) in [5.41, 5.74) is 2.05. The first-order valence-electron chi connectivity index (χ1n) is 8.70. The summed E-state index contributed by atoms with van der Waals surface area (Å²) >= 11 is 4.97. The number of carbonyl (C=O) groups is 1. The van der Waals surface area contributed by atoms with Gasteiger partial charge in [0.1, 0.15) is 19.0 Å². The van der Waals surface area contributed by atoms with Gasteiger partial charge in [-0.2, -0.15) is 0 Å². The Balaban J connectivity index is 1.49. The van der Waals surface area contributed by atoms with E-state index in [2.05, 4.69) is 20.9 Å². The molecule has 0 atom stereocenters. The molecular formula is C22H16BrNO3S. The third kappa shape index (κ3) is 4.24. The Hall–Kier alpha value is -2.70. The maximum Gasteiger partial charge on any atom is 0.339 e. The second-order valence-corrected chi connectivity index (χ2v) is 7.85. The number of fused-ring (bicyclic) bond motifs is 1. The number of ether oxygens (including phenoxy) is 2. The van der Waals surface area contributed by atoms with E-state index in [0.717, 1.165) is 31.7 Å². The molecule has 6 heteroatoms. The number of aromatic nitrogens is 1. The predicted octanol–water partition coefficient (Wildman–Crippen LogP) is 5.96. The van der Waals surface area contributed by atoms with Gasteiger partial charge in [-0.05, 0) is 47.8 Å². The van der Waals surface area contributed by atoms with Crippen LogP contribution in [0.25, 0.3) is 21.5 Å². The Labute approximate surface area is 174 Å². The first kappa shape index (κ1) is 18.7. The third-order valence-corrected chi connectivity index (χ3v) is 5.53. The van der Waals surface area contributed by atoms with Crippen LogP contribution in [0.4, 0.5) is 0 Å². The molecule has 0 aliphatic heterocycles. The summed E-state index contributed by atoms with van der Waals surface area (Å²) in [6.07, 6.45) is 0. The summed E-state index contributed by atoms with van der Waals surface area (Å²) < 4.78 is 12.0. The van der Waals surface area contributed by atoms with Gasteiger partial charge in [0, 0.05) is 9.86 Å². The molecule has 140 valence electrons. The van der Waals surface area contributed by atoms with Crippen LogP contribution in [-0.2, 0) is 4.74 Å². The summed E-state index contributed by atoms with van der Waals surface area (Å²) in [5.74, 6) is 0.351. The van der Waals surface area contributed by atoms with Crippen molar-refractivity contribution in [3.8, 4) is 16.3 Å². The average Bonchev–Trinajstić information content (AvgIpc) is 3.26. The largest absolute Gasteiger partial charge is 0.490 e. The molecule has 0 radical (unpaired) electrons. The van der Waals surface area contributed by atoms with Crippen LogP contribution in [0.2, 0.25) is 0 Å². The molecule has 0 fully saturated rings. The zero-order valence-corrected chi connectivity index (χ0v) is 17.2. The Bertz CT molecular complexity index is 1090. The van der Waals surface area contributed by atoms with Crippen LogP contribution in [0.5, 0.6) is 5.75 Å². The van der Waals surface area contributed by atoms with Crippen molar-refractivity contribution in [3.63, 3.8) is 0 Å². The Morgan fingerprint density at radius 1 is 1.00 bits per heavy atom.